The van der Waals surface area contributed by atoms with Gasteiger partial charge in [0.25, 0.3) is 5.91 Å². The number of nitrogens with zero attached hydrogens (tertiary/aromatic N) is 1. The summed E-state index contributed by atoms with van der Waals surface area (Å²) in [6, 6.07) is 6.45. The van der Waals surface area contributed by atoms with Gasteiger partial charge in [-0.25, -0.2) is 4.79 Å². The third-order valence-electron chi connectivity index (χ3n) is 3.75. The number of carbonyl (C=O) groups excluding carboxylic acids is 3. The third-order valence-corrected chi connectivity index (χ3v) is 3.75. The zero-order valence-electron chi connectivity index (χ0n) is 12.8. The molecule has 1 fully saturated rings. The Morgan fingerprint density at radius 1 is 1.36 bits per heavy atom. The van der Waals surface area contributed by atoms with Crippen molar-refractivity contribution in [2.75, 3.05) is 7.11 Å². The predicted molar refractivity (Wildman–Crippen MR) is 78.9 cm³/mol. The van der Waals surface area contributed by atoms with Gasteiger partial charge < -0.3 is 10.1 Å². The molecular formula is C15H19N3O4. The first-order chi connectivity index (χ1) is 10.4. The van der Waals surface area contributed by atoms with E-state index in [1.807, 2.05) is 0 Å². The first-order valence-electron chi connectivity index (χ1n) is 6.99. The number of methoxy groups -OCH3 is 1. The van der Waals surface area contributed by atoms with E-state index in [-0.39, 0.29) is 6.42 Å². The molecule has 7 heteroatoms. The van der Waals surface area contributed by atoms with E-state index in [1.165, 1.54) is 7.11 Å². The number of hydrogen-bond donors (Lipinski definition) is 2. The van der Waals surface area contributed by atoms with Crippen LogP contribution in [0.15, 0.2) is 24.3 Å². The van der Waals surface area contributed by atoms with Gasteiger partial charge in [-0.2, -0.15) is 5.01 Å². The van der Waals surface area contributed by atoms with E-state index < -0.39 is 23.4 Å². The Bertz CT molecular complexity index is 617. The molecule has 2 rings (SSSR count). The lowest BCUT2D eigenvalue weighted by Crippen LogP contribution is -2.49. The molecule has 0 spiro atoms. The van der Waals surface area contributed by atoms with Gasteiger partial charge in [-0.1, -0.05) is 25.1 Å². The number of rotatable bonds is 5. The van der Waals surface area contributed by atoms with Gasteiger partial charge in [0.05, 0.1) is 13.5 Å². The van der Waals surface area contributed by atoms with Crippen LogP contribution < -0.4 is 15.5 Å². The fourth-order valence-corrected chi connectivity index (χ4v) is 2.21. The van der Waals surface area contributed by atoms with Crippen molar-refractivity contribution < 1.29 is 19.1 Å². The summed E-state index contributed by atoms with van der Waals surface area (Å²) in [6.45, 7) is 3.41. The molecule has 1 aliphatic rings. The van der Waals surface area contributed by atoms with Gasteiger partial charge in [-0.15, -0.1) is 0 Å². The van der Waals surface area contributed by atoms with Gasteiger partial charge in [-0.05, 0) is 19.4 Å². The maximum Gasteiger partial charge on any atom is 0.344 e. The number of hydrogen-bond acceptors (Lipinski definition) is 4. The van der Waals surface area contributed by atoms with Crippen molar-refractivity contribution in [1.82, 2.24) is 15.8 Å². The lowest BCUT2D eigenvalue weighted by molar-refractivity contribution is -0.138. The third kappa shape index (κ3) is 2.88. The smallest absolute Gasteiger partial charge is 0.344 e. The maximum absolute atomic E-state index is 12.2. The van der Waals surface area contributed by atoms with E-state index in [0.717, 1.165) is 5.01 Å². The van der Waals surface area contributed by atoms with Crippen molar-refractivity contribution in [2.45, 2.75) is 32.2 Å². The highest BCUT2D eigenvalue weighted by Crippen LogP contribution is 2.20. The first-order valence-corrected chi connectivity index (χ1v) is 6.99. The standard InChI is InChI=1S/C15H19N3O4/c1-4-15(2)13(20)18(14(21)16-15)17-12(19)9-10-7-5-6-8-11(10)22-3/h5-8H,4,9H2,1-3H3,(H,16,21)(H,17,19)/t15-/m0/s1. The monoisotopic (exact) mass is 305 g/mol. The lowest BCUT2D eigenvalue weighted by Gasteiger charge is -2.19. The molecule has 1 aromatic carbocycles. The second-order valence-electron chi connectivity index (χ2n) is 5.28. The molecule has 2 N–H and O–H groups in total. The minimum absolute atomic E-state index is 0.00388. The van der Waals surface area contributed by atoms with Crippen LogP contribution in [0.4, 0.5) is 4.79 Å². The number of carbonyl (C=O) groups is 3. The van der Waals surface area contributed by atoms with Gasteiger partial charge in [0.2, 0.25) is 5.91 Å². The van der Waals surface area contributed by atoms with Crippen LogP contribution in [0.2, 0.25) is 0 Å². The van der Waals surface area contributed by atoms with Crippen LogP contribution in [-0.2, 0) is 16.0 Å². The number of urea groups is 1. The van der Waals surface area contributed by atoms with Crippen molar-refractivity contribution in [3.63, 3.8) is 0 Å². The number of benzene rings is 1. The van der Waals surface area contributed by atoms with Crippen LogP contribution in [-0.4, -0.2) is 35.5 Å². The normalized spacial score (nSPS) is 20.8. The summed E-state index contributed by atoms with van der Waals surface area (Å²) in [5.74, 6) is -0.352. The number of imide groups is 1. The van der Waals surface area contributed by atoms with Crippen LogP contribution in [0, 0.1) is 0 Å². The molecule has 1 atom stereocenters. The van der Waals surface area contributed by atoms with Crippen molar-refractivity contribution in [3.8, 4) is 5.75 Å². The second kappa shape index (κ2) is 6.05. The summed E-state index contributed by atoms with van der Waals surface area (Å²) in [5, 5.41) is 3.31. The van der Waals surface area contributed by atoms with Crippen LogP contribution in [0.3, 0.4) is 0 Å². The SMILES string of the molecule is CC[C@]1(C)NC(=O)N(NC(=O)Cc2ccccc2OC)C1=O. The minimum atomic E-state index is -0.977. The molecule has 4 amide bonds. The van der Waals surface area contributed by atoms with E-state index in [4.69, 9.17) is 4.74 Å². The Labute approximate surface area is 128 Å². The van der Waals surface area contributed by atoms with Gasteiger partial charge in [0, 0.05) is 5.56 Å². The van der Waals surface area contributed by atoms with Crippen LogP contribution in [0.5, 0.6) is 5.75 Å². The topological polar surface area (TPSA) is 87.7 Å². The van der Waals surface area contributed by atoms with E-state index in [0.29, 0.717) is 17.7 Å². The molecule has 0 unspecified atom stereocenters. The van der Waals surface area contributed by atoms with Crippen LogP contribution >= 0.6 is 0 Å². The summed E-state index contributed by atoms with van der Waals surface area (Å²) < 4.78 is 5.17. The Balaban J connectivity index is 2.07. The summed E-state index contributed by atoms with van der Waals surface area (Å²) >= 11 is 0. The predicted octanol–water partition coefficient (Wildman–Crippen LogP) is 0.989. The van der Waals surface area contributed by atoms with E-state index in [2.05, 4.69) is 10.7 Å². The summed E-state index contributed by atoms with van der Waals surface area (Å²) in [4.78, 5) is 36.1. The highest BCUT2D eigenvalue weighted by molar-refractivity contribution is 6.07. The summed E-state index contributed by atoms with van der Waals surface area (Å²) in [6.07, 6.45) is 0.445. The fraction of sp³-hybridized carbons (Fsp3) is 0.400. The summed E-state index contributed by atoms with van der Waals surface area (Å²) in [7, 11) is 1.51. The molecule has 0 aliphatic carbocycles. The molecule has 1 saturated heterocycles. The van der Waals surface area contributed by atoms with Crippen molar-refractivity contribution in [3.05, 3.63) is 29.8 Å². The van der Waals surface area contributed by atoms with Gasteiger partial charge >= 0.3 is 6.03 Å². The van der Waals surface area contributed by atoms with Crippen molar-refractivity contribution in [2.24, 2.45) is 0 Å². The van der Waals surface area contributed by atoms with Crippen molar-refractivity contribution in [1.29, 1.82) is 0 Å². The minimum Gasteiger partial charge on any atom is -0.496 e. The zero-order valence-corrected chi connectivity index (χ0v) is 12.8. The molecule has 1 aromatic rings. The van der Waals surface area contributed by atoms with Crippen molar-refractivity contribution >= 4 is 17.8 Å². The first kappa shape index (κ1) is 15.8. The Kier molecular flexibility index (Phi) is 4.35. The molecule has 22 heavy (non-hydrogen) atoms. The van der Waals surface area contributed by atoms with E-state index >= 15 is 0 Å². The van der Waals surface area contributed by atoms with Crippen LogP contribution in [0.25, 0.3) is 0 Å². The average molecular weight is 305 g/mol. The van der Waals surface area contributed by atoms with Gasteiger partial charge in [-0.3, -0.25) is 15.0 Å². The molecule has 1 aliphatic heterocycles. The number of amides is 4. The number of ether oxygens (including phenoxy) is 1. The van der Waals surface area contributed by atoms with Crippen LogP contribution in [0.1, 0.15) is 25.8 Å². The lowest BCUT2D eigenvalue weighted by atomic mass is 10.00. The number of nitrogens with one attached hydrogen (secondary N) is 2. The van der Waals surface area contributed by atoms with Gasteiger partial charge in [0.1, 0.15) is 11.3 Å². The zero-order chi connectivity index (χ0) is 16.3. The Morgan fingerprint density at radius 3 is 2.64 bits per heavy atom. The molecule has 0 radical (unpaired) electrons. The summed E-state index contributed by atoms with van der Waals surface area (Å²) in [5.41, 5.74) is 2.04. The largest absolute Gasteiger partial charge is 0.496 e. The number of hydrazine groups is 1. The molecule has 0 saturated carbocycles. The van der Waals surface area contributed by atoms with E-state index in [9.17, 15) is 14.4 Å². The molecular weight excluding hydrogens is 286 g/mol. The van der Waals surface area contributed by atoms with Gasteiger partial charge in [0.15, 0.2) is 0 Å². The maximum atomic E-state index is 12.2. The highest BCUT2D eigenvalue weighted by atomic mass is 16.5. The van der Waals surface area contributed by atoms with E-state index in [1.54, 1.807) is 38.1 Å². The Hall–Kier alpha value is -2.57. The average Bonchev–Trinajstić information content (AvgIpc) is 2.72. The molecule has 118 valence electrons. The second-order valence-corrected chi connectivity index (χ2v) is 5.28. The highest BCUT2D eigenvalue weighted by Gasteiger charge is 2.47. The Morgan fingerprint density at radius 2 is 2.05 bits per heavy atom. The molecule has 0 aromatic heterocycles. The number of para-hydroxylation sites is 1. The fourth-order valence-electron chi connectivity index (χ4n) is 2.21. The molecule has 1 heterocycles. The molecule has 7 nitrogen and oxygen atoms in total. The molecule has 0 bridgehead atoms. The quantitative estimate of drug-likeness (QED) is 0.794.